The van der Waals surface area contributed by atoms with Crippen LogP contribution in [0, 0.1) is 5.92 Å². The number of nitrogens with zero attached hydrogens (tertiary/aromatic N) is 2. The first kappa shape index (κ1) is 18.7. The molecule has 0 saturated heterocycles. The van der Waals surface area contributed by atoms with E-state index in [0.29, 0.717) is 16.8 Å². The molecule has 8 heteroatoms. The first-order valence-corrected chi connectivity index (χ1v) is 10.4. The number of hydrogen-bond donors (Lipinski definition) is 0. The summed E-state index contributed by atoms with van der Waals surface area (Å²) in [4.78, 5) is 14.4. The van der Waals surface area contributed by atoms with Gasteiger partial charge in [-0.1, -0.05) is 25.4 Å². The summed E-state index contributed by atoms with van der Waals surface area (Å²) in [7, 11) is -2.22. The minimum absolute atomic E-state index is 0.123. The van der Waals surface area contributed by atoms with Crippen LogP contribution in [0.4, 0.5) is 0 Å². The van der Waals surface area contributed by atoms with Gasteiger partial charge in [0.2, 0.25) is 5.91 Å². The summed E-state index contributed by atoms with van der Waals surface area (Å²) in [5, 5.41) is 0. The molecule has 23 heavy (non-hydrogen) atoms. The lowest BCUT2D eigenvalue weighted by atomic mass is 10.1. The van der Waals surface area contributed by atoms with Crippen molar-refractivity contribution < 1.29 is 13.2 Å². The van der Waals surface area contributed by atoms with Gasteiger partial charge in [0.05, 0.1) is 10.9 Å². The highest BCUT2D eigenvalue weighted by atomic mass is 35.5. The van der Waals surface area contributed by atoms with E-state index in [9.17, 15) is 13.2 Å². The molecule has 1 aromatic rings. The van der Waals surface area contributed by atoms with Gasteiger partial charge < -0.3 is 4.90 Å². The second kappa shape index (κ2) is 7.51. The molecule has 1 fully saturated rings. The average molecular weight is 379 g/mol. The van der Waals surface area contributed by atoms with Crippen LogP contribution in [0.2, 0.25) is 4.34 Å². The van der Waals surface area contributed by atoms with Crippen molar-refractivity contribution in [3.63, 3.8) is 0 Å². The Morgan fingerprint density at radius 1 is 1.39 bits per heavy atom. The summed E-state index contributed by atoms with van der Waals surface area (Å²) in [5.74, 6) is 0.389. The second-order valence-corrected chi connectivity index (χ2v) is 10.3. The number of carbonyl (C=O) groups excluding carboxylic acids is 1. The quantitative estimate of drug-likeness (QED) is 0.698. The molecule has 1 aliphatic rings. The lowest BCUT2D eigenvalue weighted by molar-refractivity contribution is -0.132. The van der Waals surface area contributed by atoms with E-state index < -0.39 is 10.0 Å². The van der Waals surface area contributed by atoms with Gasteiger partial charge in [0, 0.05) is 19.6 Å². The van der Waals surface area contributed by atoms with Crippen molar-refractivity contribution in [2.24, 2.45) is 5.92 Å². The third-order valence-corrected chi connectivity index (χ3v) is 7.33. The fraction of sp³-hybridized carbons (Fsp3) is 0.667. The molecule has 0 spiro atoms. The molecule has 1 aliphatic carbocycles. The lowest BCUT2D eigenvalue weighted by Crippen LogP contribution is -2.42. The van der Waals surface area contributed by atoms with Crippen molar-refractivity contribution in [2.75, 3.05) is 20.1 Å². The normalized spacial score (nSPS) is 15.4. The molecule has 1 aromatic heterocycles. The highest BCUT2D eigenvalue weighted by molar-refractivity contribution is 7.91. The first-order valence-electron chi connectivity index (χ1n) is 7.73. The number of carbonyl (C=O) groups is 1. The molecule has 1 amide bonds. The first-order chi connectivity index (χ1) is 10.7. The molecule has 0 aromatic carbocycles. The molecule has 0 N–H and O–H groups in total. The van der Waals surface area contributed by atoms with E-state index in [0.717, 1.165) is 34.9 Å². The smallest absolute Gasteiger partial charge is 0.252 e. The largest absolute Gasteiger partial charge is 0.339 e. The predicted molar refractivity (Wildman–Crippen MR) is 93.3 cm³/mol. The van der Waals surface area contributed by atoms with E-state index in [-0.39, 0.29) is 22.7 Å². The fourth-order valence-electron chi connectivity index (χ4n) is 2.25. The van der Waals surface area contributed by atoms with E-state index in [1.165, 1.54) is 13.1 Å². The van der Waals surface area contributed by atoms with Crippen LogP contribution in [0.3, 0.4) is 0 Å². The van der Waals surface area contributed by atoms with Gasteiger partial charge in [-0.15, -0.1) is 11.3 Å². The number of hydrogen-bond acceptors (Lipinski definition) is 4. The number of amides is 1. The molecular formula is C15H23ClN2O3S2. The topological polar surface area (TPSA) is 57.7 Å². The molecular weight excluding hydrogens is 356 g/mol. The van der Waals surface area contributed by atoms with Crippen LogP contribution in [0.15, 0.2) is 16.3 Å². The van der Waals surface area contributed by atoms with Crippen LogP contribution in [0.1, 0.15) is 33.1 Å². The Labute approximate surface area is 147 Å². The third kappa shape index (κ3) is 4.92. The molecule has 0 radical (unpaired) electrons. The van der Waals surface area contributed by atoms with Crippen LogP contribution in [-0.4, -0.2) is 49.7 Å². The molecule has 2 rings (SSSR count). The highest BCUT2D eigenvalue weighted by Gasteiger charge is 2.34. The lowest BCUT2D eigenvalue weighted by Gasteiger charge is -2.25. The van der Waals surface area contributed by atoms with Gasteiger partial charge in [0.1, 0.15) is 4.21 Å². The SMILES string of the molecule is CC(C)CCN(C(=O)CN(C)S(=O)(=O)c1ccc(Cl)s1)C1CC1. The zero-order valence-corrected chi connectivity index (χ0v) is 16.0. The molecule has 0 bridgehead atoms. The average Bonchev–Trinajstić information content (AvgIpc) is 3.18. The molecule has 0 atom stereocenters. The maximum Gasteiger partial charge on any atom is 0.252 e. The van der Waals surface area contributed by atoms with Gasteiger partial charge in [0.15, 0.2) is 0 Å². The number of thiophene rings is 1. The van der Waals surface area contributed by atoms with Crippen LogP contribution >= 0.6 is 22.9 Å². The number of sulfonamides is 1. The number of likely N-dealkylation sites (N-methyl/N-ethyl adjacent to an activating group) is 1. The van der Waals surface area contributed by atoms with E-state index in [2.05, 4.69) is 13.8 Å². The summed E-state index contributed by atoms with van der Waals surface area (Å²) in [6, 6.07) is 3.31. The maximum absolute atomic E-state index is 12.5. The Morgan fingerprint density at radius 3 is 2.52 bits per heavy atom. The van der Waals surface area contributed by atoms with Crippen LogP contribution < -0.4 is 0 Å². The van der Waals surface area contributed by atoms with Crippen molar-refractivity contribution in [3.05, 3.63) is 16.5 Å². The van der Waals surface area contributed by atoms with E-state index in [1.54, 1.807) is 6.07 Å². The van der Waals surface area contributed by atoms with Crippen molar-refractivity contribution in [1.29, 1.82) is 0 Å². The zero-order valence-electron chi connectivity index (χ0n) is 13.7. The standard InChI is InChI=1S/C15H23ClN2O3S2/c1-11(2)8-9-18(12-4-5-12)14(19)10-17(3)23(20,21)15-7-6-13(16)22-15/h6-7,11-12H,4-5,8-10H2,1-3H3. The molecule has 1 heterocycles. The van der Waals surface area contributed by atoms with Gasteiger partial charge in [-0.2, -0.15) is 4.31 Å². The summed E-state index contributed by atoms with van der Waals surface area (Å²) < 4.78 is 26.6. The highest BCUT2D eigenvalue weighted by Crippen LogP contribution is 2.29. The van der Waals surface area contributed by atoms with E-state index in [4.69, 9.17) is 11.6 Å². The Morgan fingerprint density at radius 2 is 2.04 bits per heavy atom. The van der Waals surface area contributed by atoms with Crippen molar-refractivity contribution in [2.45, 2.75) is 43.4 Å². The van der Waals surface area contributed by atoms with Crippen LogP contribution in [0.5, 0.6) is 0 Å². The minimum Gasteiger partial charge on any atom is -0.339 e. The molecule has 0 aliphatic heterocycles. The molecule has 5 nitrogen and oxygen atoms in total. The van der Waals surface area contributed by atoms with E-state index >= 15 is 0 Å². The van der Waals surface area contributed by atoms with Gasteiger partial charge in [-0.05, 0) is 37.3 Å². The van der Waals surface area contributed by atoms with Crippen molar-refractivity contribution in [1.82, 2.24) is 9.21 Å². The molecule has 0 unspecified atom stereocenters. The van der Waals surface area contributed by atoms with Crippen LogP contribution in [0.25, 0.3) is 0 Å². The van der Waals surface area contributed by atoms with Gasteiger partial charge in [0.25, 0.3) is 10.0 Å². The van der Waals surface area contributed by atoms with E-state index in [1.807, 2.05) is 4.90 Å². The summed E-state index contributed by atoms with van der Waals surface area (Å²) >= 11 is 6.81. The van der Waals surface area contributed by atoms with Crippen LogP contribution in [-0.2, 0) is 14.8 Å². The number of rotatable bonds is 8. The summed E-state index contributed by atoms with van der Waals surface area (Å²) in [6.45, 7) is 4.80. The maximum atomic E-state index is 12.5. The number of halogens is 1. The van der Waals surface area contributed by atoms with Gasteiger partial charge in [-0.25, -0.2) is 8.42 Å². The predicted octanol–water partition coefficient (Wildman–Crippen LogP) is 3.06. The van der Waals surface area contributed by atoms with Gasteiger partial charge >= 0.3 is 0 Å². The zero-order chi connectivity index (χ0) is 17.2. The Hall–Kier alpha value is -0.630. The Balaban J connectivity index is 2.02. The Bertz CT molecular complexity index is 653. The second-order valence-electron chi connectivity index (χ2n) is 6.32. The summed E-state index contributed by atoms with van der Waals surface area (Å²) in [6.07, 6.45) is 2.96. The molecule has 1 saturated carbocycles. The fourth-order valence-corrected chi connectivity index (χ4v) is 5.06. The minimum atomic E-state index is -3.66. The van der Waals surface area contributed by atoms with Crippen molar-refractivity contribution >= 4 is 38.9 Å². The Kier molecular flexibility index (Phi) is 6.10. The van der Waals surface area contributed by atoms with Crippen molar-refractivity contribution in [3.8, 4) is 0 Å². The molecule has 130 valence electrons. The third-order valence-electron chi connectivity index (χ3n) is 3.83. The summed E-state index contributed by atoms with van der Waals surface area (Å²) in [5.41, 5.74) is 0. The monoisotopic (exact) mass is 378 g/mol. The van der Waals surface area contributed by atoms with Gasteiger partial charge in [-0.3, -0.25) is 4.79 Å².